The van der Waals surface area contributed by atoms with E-state index < -0.39 is 0 Å². The van der Waals surface area contributed by atoms with Crippen molar-refractivity contribution in [3.8, 4) is 5.88 Å². The standard InChI is InChI=1S/C13H19N3O2/c1-10-6-3-4-9-16(10)13(17)15-11-7-5-8-14-12(11)18-2/h5,7-8,10H,3-4,6,9H2,1-2H3,(H,15,17). The molecule has 0 aliphatic carbocycles. The molecule has 0 aromatic carbocycles. The number of aromatic nitrogens is 1. The molecule has 1 aromatic rings. The summed E-state index contributed by atoms with van der Waals surface area (Å²) in [6, 6.07) is 3.78. The molecular weight excluding hydrogens is 230 g/mol. The number of piperidine rings is 1. The van der Waals surface area contributed by atoms with Crippen LogP contribution >= 0.6 is 0 Å². The van der Waals surface area contributed by atoms with E-state index in [4.69, 9.17) is 4.74 Å². The van der Waals surface area contributed by atoms with Gasteiger partial charge in [-0.25, -0.2) is 9.78 Å². The van der Waals surface area contributed by atoms with Crippen molar-refractivity contribution < 1.29 is 9.53 Å². The molecule has 0 spiro atoms. The fourth-order valence-electron chi connectivity index (χ4n) is 2.24. The maximum atomic E-state index is 12.2. The van der Waals surface area contributed by atoms with E-state index in [0.717, 1.165) is 19.4 Å². The molecule has 2 rings (SSSR count). The molecule has 1 fully saturated rings. The molecule has 0 saturated carbocycles. The van der Waals surface area contributed by atoms with Gasteiger partial charge >= 0.3 is 6.03 Å². The van der Waals surface area contributed by atoms with Gasteiger partial charge in [0.1, 0.15) is 5.69 Å². The lowest BCUT2D eigenvalue weighted by Gasteiger charge is -2.33. The van der Waals surface area contributed by atoms with Gasteiger partial charge in [-0.2, -0.15) is 0 Å². The summed E-state index contributed by atoms with van der Waals surface area (Å²) in [6.07, 6.45) is 4.97. The third kappa shape index (κ3) is 2.72. The molecule has 2 heterocycles. The Kier molecular flexibility index (Phi) is 4.02. The molecule has 0 bridgehead atoms. The summed E-state index contributed by atoms with van der Waals surface area (Å²) in [5.74, 6) is 0.440. The van der Waals surface area contributed by atoms with E-state index in [1.807, 2.05) is 4.90 Å². The molecule has 98 valence electrons. The highest BCUT2D eigenvalue weighted by molar-refractivity contribution is 5.90. The van der Waals surface area contributed by atoms with Crippen molar-refractivity contribution in [1.82, 2.24) is 9.88 Å². The molecular formula is C13H19N3O2. The van der Waals surface area contributed by atoms with Crippen LogP contribution < -0.4 is 10.1 Å². The minimum absolute atomic E-state index is 0.0755. The van der Waals surface area contributed by atoms with Crippen molar-refractivity contribution in [2.75, 3.05) is 19.0 Å². The van der Waals surface area contributed by atoms with Gasteiger partial charge in [0, 0.05) is 18.8 Å². The largest absolute Gasteiger partial charge is 0.480 e. The number of urea groups is 1. The van der Waals surface area contributed by atoms with E-state index in [9.17, 15) is 4.79 Å². The summed E-state index contributed by atoms with van der Waals surface area (Å²) in [6.45, 7) is 2.90. The van der Waals surface area contributed by atoms with E-state index in [2.05, 4.69) is 17.2 Å². The molecule has 1 unspecified atom stereocenters. The van der Waals surface area contributed by atoms with Crippen LogP contribution in [0.1, 0.15) is 26.2 Å². The SMILES string of the molecule is COc1ncccc1NC(=O)N1CCCCC1C. The summed E-state index contributed by atoms with van der Waals surface area (Å²) < 4.78 is 5.12. The molecule has 1 atom stereocenters. The normalized spacial score (nSPS) is 19.4. The van der Waals surface area contributed by atoms with Crippen LogP contribution in [0.2, 0.25) is 0 Å². The predicted octanol–water partition coefficient (Wildman–Crippen LogP) is 2.50. The number of pyridine rings is 1. The van der Waals surface area contributed by atoms with Crippen LogP contribution in [0.3, 0.4) is 0 Å². The van der Waals surface area contributed by atoms with E-state index >= 15 is 0 Å². The lowest BCUT2D eigenvalue weighted by molar-refractivity contribution is 0.170. The van der Waals surface area contributed by atoms with Crippen LogP contribution in [0.4, 0.5) is 10.5 Å². The van der Waals surface area contributed by atoms with Gasteiger partial charge in [0.05, 0.1) is 7.11 Å². The second-order valence-electron chi connectivity index (χ2n) is 4.53. The average molecular weight is 249 g/mol. The van der Waals surface area contributed by atoms with Crippen molar-refractivity contribution in [3.63, 3.8) is 0 Å². The van der Waals surface area contributed by atoms with Gasteiger partial charge in [0.2, 0.25) is 5.88 Å². The number of carbonyl (C=O) groups is 1. The minimum Gasteiger partial charge on any atom is -0.480 e. The number of likely N-dealkylation sites (tertiary alicyclic amines) is 1. The Morgan fingerprint density at radius 3 is 3.11 bits per heavy atom. The zero-order valence-corrected chi connectivity index (χ0v) is 10.8. The molecule has 1 aliphatic heterocycles. The second kappa shape index (κ2) is 5.71. The van der Waals surface area contributed by atoms with Crippen molar-refractivity contribution in [3.05, 3.63) is 18.3 Å². The van der Waals surface area contributed by atoms with Crippen molar-refractivity contribution in [2.24, 2.45) is 0 Å². The molecule has 1 aliphatic rings. The lowest BCUT2D eigenvalue weighted by atomic mass is 10.0. The number of nitrogens with one attached hydrogen (secondary N) is 1. The van der Waals surface area contributed by atoms with Crippen molar-refractivity contribution in [1.29, 1.82) is 0 Å². The van der Waals surface area contributed by atoms with Gasteiger partial charge in [-0.1, -0.05) is 0 Å². The fraction of sp³-hybridized carbons (Fsp3) is 0.538. The molecule has 5 heteroatoms. The van der Waals surface area contributed by atoms with Gasteiger partial charge in [0.25, 0.3) is 0 Å². The fourth-order valence-corrected chi connectivity index (χ4v) is 2.24. The van der Waals surface area contributed by atoms with Crippen LogP contribution in [0, 0.1) is 0 Å². The number of hydrogen-bond acceptors (Lipinski definition) is 3. The monoisotopic (exact) mass is 249 g/mol. The highest BCUT2D eigenvalue weighted by Gasteiger charge is 2.23. The summed E-state index contributed by atoms with van der Waals surface area (Å²) in [7, 11) is 1.54. The maximum absolute atomic E-state index is 12.2. The highest BCUT2D eigenvalue weighted by atomic mass is 16.5. The van der Waals surface area contributed by atoms with E-state index in [0.29, 0.717) is 17.6 Å². The highest BCUT2D eigenvalue weighted by Crippen LogP contribution is 2.22. The Bertz CT molecular complexity index is 422. The minimum atomic E-state index is -0.0755. The van der Waals surface area contributed by atoms with Crippen molar-refractivity contribution in [2.45, 2.75) is 32.2 Å². The van der Waals surface area contributed by atoms with Crippen LogP contribution in [0.25, 0.3) is 0 Å². The Morgan fingerprint density at radius 1 is 1.56 bits per heavy atom. The Morgan fingerprint density at radius 2 is 2.39 bits per heavy atom. The van der Waals surface area contributed by atoms with Gasteiger partial charge in [-0.15, -0.1) is 0 Å². The Hall–Kier alpha value is -1.78. The quantitative estimate of drug-likeness (QED) is 0.876. The first kappa shape index (κ1) is 12.7. The molecule has 1 aromatic heterocycles. The number of carbonyl (C=O) groups excluding carboxylic acids is 1. The third-order valence-electron chi connectivity index (χ3n) is 3.27. The van der Waals surface area contributed by atoms with Crippen LogP contribution in [0.5, 0.6) is 5.88 Å². The number of hydrogen-bond donors (Lipinski definition) is 1. The Balaban J connectivity index is 2.06. The number of amides is 2. The molecule has 1 saturated heterocycles. The summed E-state index contributed by atoms with van der Waals surface area (Å²) in [5.41, 5.74) is 0.614. The van der Waals surface area contributed by atoms with E-state index in [1.165, 1.54) is 6.42 Å². The molecule has 1 N–H and O–H groups in total. The van der Waals surface area contributed by atoms with Crippen LogP contribution in [-0.4, -0.2) is 35.6 Å². The van der Waals surface area contributed by atoms with Gasteiger partial charge in [0.15, 0.2) is 0 Å². The van der Waals surface area contributed by atoms with E-state index in [1.54, 1.807) is 25.4 Å². The third-order valence-corrected chi connectivity index (χ3v) is 3.27. The second-order valence-corrected chi connectivity index (χ2v) is 4.53. The van der Waals surface area contributed by atoms with Crippen molar-refractivity contribution >= 4 is 11.7 Å². The summed E-state index contributed by atoms with van der Waals surface area (Å²) in [4.78, 5) is 18.1. The number of ether oxygens (including phenoxy) is 1. The molecule has 5 nitrogen and oxygen atoms in total. The number of methoxy groups -OCH3 is 1. The number of anilines is 1. The zero-order chi connectivity index (χ0) is 13.0. The topological polar surface area (TPSA) is 54.5 Å². The molecule has 2 amide bonds. The zero-order valence-electron chi connectivity index (χ0n) is 10.8. The first-order chi connectivity index (χ1) is 8.72. The molecule has 0 radical (unpaired) electrons. The maximum Gasteiger partial charge on any atom is 0.322 e. The van der Waals surface area contributed by atoms with Gasteiger partial charge < -0.3 is 15.0 Å². The average Bonchev–Trinajstić information content (AvgIpc) is 2.39. The number of rotatable bonds is 2. The smallest absolute Gasteiger partial charge is 0.322 e. The number of nitrogens with zero attached hydrogens (tertiary/aromatic N) is 2. The van der Waals surface area contributed by atoms with Gasteiger partial charge in [-0.3, -0.25) is 0 Å². The van der Waals surface area contributed by atoms with Crippen LogP contribution in [0.15, 0.2) is 18.3 Å². The first-order valence-corrected chi connectivity index (χ1v) is 6.29. The summed E-state index contributed by atoms with van der Waals surface area (Å²) >= 11 is 0. The molecule has 18 heavy (non-hydrogen) atoms. The predicted molar refractivity (Wildman–Crippen MR) is 69.8 cm³/mol. The van der Waals surface area contributed by atoms with E-state index in [-0.39, 0.29) is 6.03 Å². The van der Waals surface area contributed by atoms with Gasteiger partial charge in [-0.05, 0) is 38.3 Å². The first-order valence-electron chi connectivity index (χ1n) is 6.29. The lowest BCUT2D eigenvalue weighted by Crippen LogP contribution is -2.44. The van der Waals surface area contributed by atoms with Crippen LogP contribution in [-0.2, 0) is 0 Å². The summed E-state index contributed by atoms with van der Waals surface area (Å²) in [5, 5.41) is 2.86. The Labute approximate surface area is 107 Å².